The number of hydrogen-bond acceptors (Lipinski definition) is 3. The molecule has 90 valence electrons. The Hall–Kier alpha value is -1.36. The van der Waals surface area contributed by atoms with E-state index in [-0.39, 0.29) is 0 Å². The highest BCUT2D eigenvalue weighted by molar-refractivity contribution is 6.35. The topological polar surface area (TPSA) is 66.6 Å². The lowest BCUT2D eigenvalue weighted by molar-refractivity contribution is -0.155. The number of amides is 2. The van der Waals surface area contributed by atoms with Crippen molar-refractivity contribution in [2.45, 2.75) is 13.3 Å². The van der Waals surface area contributed by atoms with Crippen LogP contribution in [-0.4, -0.2) is 54.3 Å². The van der Waals surface area contributed by atoms with E-state index >= 15 is 0 Å². The zero-order chi connectivity index (χ0) is 12.1. The number of rotatable bonds is 5. The van der Waals surface area contributed by atoms with Gasteiger partial charge in [-0.25, -0.2) is 0 Å². The largest absolute Gasteiger partial charge is 0.333 e. The van der Waals surface area contributed by atoms with E-state index in [1.807, 2.05) is 6.92 Å². The van der Waals surface area contributed by atoms with Gasteiger partial charge in [-0.05, 0) is 12.0 Å². The fourth-order valence-corrected chi connectivity index (χ4v) is 1.68. The van der Waals surface area contributed by atoms with E-state index < -0.39 is 11.8 Å². The van der Waals surface area contributed by atoms with Crippen molar-refractivity contribution in [2.24, 2.45) is 5.73 Å². The molecule has 0 unspecified atom stereocenters. The highest BCUT2D eigenvalue weighted by Gasteiger charge is 2.31. The van der Waals surface area contributed by atoms with Crippen LogP contribution in [0.3, 0.4) is 0 Å². The van der Waals surface area contributed by atoms with Crippen molar-refractivity contribution in [1.29, 1.82) is 0 Å². The van der Waals surface area contributed by atoms with E-state index in [0.717, 1.165) is 12.0 Å². The SMILES string of the molecule is C=C(CN)CN1CCN(CCC)C(=O)C1=O. The number of hydrogen-bond donors (Lipinski definition) is 1. The van der Waals surface area contributed by atoms with Gasteiger partial charge in [0.1, 0.15) is 0 Å². The first kappa shape index (κ1) is 12.7. The van der Waals surface area contributed by atoms with Gasteiger partial charge < -0.3 is 15.5 Å². The molecule has 0 radical (unpaired) electrons. The third-order valence-corrected chi connectivity index (χ3v) is 2.59. The molecule has 0 aromatic carbocycles. The van der Waals surface area contributed by atoms with Crippen LogP contribution in [0.25, 0.3) is 0 Å². The van der Waals surface area contributed by atoms with Gasteiger partial charge in [0.2, 0.25) is 0 Å². The van der Waals surface area contributed by atoms with Crippen molar-refractivity contribution in [1.82, 2.24) is 9.80 Å². The molecule has 0 aromatic heterocycles. The summed E-state index contributed by atoms with van der Waals surface area (Å²) in [6, 6.07) is 0. The minimum atomic E-state index is -0.436. The highest BCUT2D eigenvalue weighted by Crippen LogP contribution is 2.07. The van der Waals surface area contributed by atoms with E-state index in [1.54, 1.807) is 4.90 Å². The molecule has 1 rings (SSSR count). The van der Waals surface area contributed by atoms with Crippen LogP contribution in [0, 0.1) is 0 Å². The van der Waals surface area contributed by atoms with E-state index in [4.69, 9.17) is 5.73 Å². The second kappa shape index (κ2) is 5.65. The molecule has 0 aromatic rings. The third kappa shape index (κ3) is 2.82. The summed E-state index contributed by atoms with van der Waals surface area (Å²) in [6.45, 7) is 8.29. The lowest BCUT2D eigenvalue weighted by Gasteiger charge is -2.33. The summed E-state index contributed by atoms with van der Waals surface area (Å²) < 4.78 is 0. The van der Waals surface area contributed by atoms with Crippen LogP contribution >= 0.6 is 0 Å². The van der Waals surface area contributed by atoms with Crippen LogP contribution in [0.15, 0.2) is 12.2 Å². The molecular formula is C11H19N3O2. The first-order valence-electron chi connectivity index (χ1n) is 5.55. The zero-order valence-corrected chi connectivity index (χ0v) is 9.74. The van der Waals surface area contributed by atoms with Gasteiger partial charge in [-0.15, -0.1) is 0 Å². The average Bonchev–Trinajstić information content (AvgIpc) is 2.28. The molecule has 2 amide bonds. The van der Waals surface area contributed by atoms with Gasteiger partial charge in [-0.3, -0.25) is 9.59 Å². The summed E-state index contributed by atoms with van der Waals surface area (Å²) in [7, 11) is 0. The van der Waals surface area contributed by atoms with Gasteiger partial charge in [0.15, 0.2) is 0 Å². The van der Waals surface area contributed by atoms with Crippen molar-refractivity contribution < 1.29 is 9.59 Å². The van der Waals surface area contributed by atoms with Gasteiger partial charge in [0, 0.05) is 32.7 Å². The highest BCUT2D eigenvalue weighted by atomic mass is 16.2. The van der Waals surface area contributed by atoms with Crippen LogP contribution in [0.2, 0.25) is 0 Å². The normalized spacial score (nSPS) is 16.9. The summed E-state index contributed by atoms with van der Waals surface area (Å²) in [6.07, 6.45) is 0.870. The Bertz CT molecular complexity index is 302. The molecule has 1 saturated heterocycles. The van der Waals surface area contributed by atoms with E-state index in [9.17, 15) is 9.59 Å². The Balaban J connectivity index is 2.58. The second-order valence-electron chi connectivity index (χ2n) is 3.97. The van der Waals surface area contributed by atoms with Crippen LogP contribution < -0.4 is 5.73 Å². The summed E-state index contributed by atoms with van der Waals surface area (Å²) in [5, 5.41) is 0. The predicted molar refractivity (Wildman–Crippen MR) is 61.6 cm³/mol. The standard InChI is InChI=1S/C11H19N3O2/c1-3-4-13-5-6-14(8-9(2)7-12)11(16)10(13)15/h2-8,12H2,1H3. The lowest BCUT2D eigenvalue weighted by Crippen LogP contribution is -2.54. The summed E-state index contributed by atoms with van der Waals surface area (Å²) in [5.41, 5.74) is 6.18. The minimum absolute atomic E-state index is 0.344. The molecule has 5 nitrogen and oxygen atoms in total. The summed E-state index contributed by atoms with van der Waals surface area (Å²) in [5.74, 6) is -0.841. The maximum atomic E-state index is 11.7. The van der Waals surface area contributed by atoms with E-state index in [1.165, 1.54) is 4.90 Å². The molecule has 2 N–H and O–H groups in total. The minimum Gasteiger partial charge on any atom is -0.333 e. The fourth-order valence-electron chi connectivity index (χ4n) is 1.68. The molecule has 1 aliphatic rings. The molecule has 1 fully saturated rings. The Morgan fingerprint density at radius 3 is 2.44 bits per heavy atom. The van der Waals surface area contributed by atoms with Crippen molar-refractivity contribution in [3.05, 3.63) is 12.2 Å². The molecule has 0 bridgehead atoms. The number of carbonyl (C=O) groups is 2. The summed E-state index contributed by atoms with van der Waals surface area (Å²) >= 11 is 0. The van der Waals surface area contributed by atoms with Crippen LogP contribution in [0.5, 0.6) is 0 Å². The van der Waals surface area contributed by atoms with Crippen molar-refractivity contribution in [2.75, 3.05) is 32.7 Å². The quantitative estimate of drug-likeness (QED) is 0.510. The number of piperazine rings is 1. The van der Waals surface area contributed by atoms with Gasteiger partial charge in [0.25, 0.3) is 0 Å². The zero-order valence-electron chi connectivity index (χ0n) is 9.74. The molecule has 0 aliphatic carbocycles. The monoisotopic (exact) mass is 225 g/mol. The Labute approximate surface area is 95.9 Å². The van der Waals surface area contributed by atoms with Gasteiger partial charge in [-0.1, -0.05) is 13.5 Å². The predicted octanol–water partition coefficient (Wildman–Crippen LogP) is -0.418. The van der Waals surface area contributed by atoms with Gasteiger partial charge in [-0.2, -0.15) is 0 Å². The van der Waals surface area contributed by atoms with Crippen molar-refractivity contribution in [3.63, 3.8) is 0 Å². The molecule has 0 atom stereocenters. The van der Waals surface area contributed by atoms with Crippen molar-refractivity contribution in [3.8, 4) is 0 Å². The Morgan fingerprint density at radius 1 is 1.31 bits per heavy atom. The lowest BCUT2D eigenvalue weighted by atomic mass is 10.2. The maximum absolute atomic E-state index is 11.7. The molecule has 16 heavy (non-hydrogen) atoms. The van der Waals surface area contributed by atoms with E-state index in [0.29, 0.717) is 32.7 Å². The van der Waals surface area contributed by atoms with Crippen LogP contribution in [-0.2, 0) is 9.59 Å². The van der Waals surface area contributed by atoms with Gasteiger partial charge in [0.05, 0.1) is 0 Å². The Morgan fingerprint density at radius 2 is 1.88 bits per heavy atom. The van der Waals surface area contributed by atoms with Gasteiger partial charge >= 0.3 is 11.8 Å². The second-order valence-corrected chi connectivity index (χ2v) is 3.97. The summed E-state index contributed by atoms with van der Waals surface area (Å²) in [4.78, 5) is 26.5. The molecule has 0 spiro atoms. The molecule has 5 heteroatoms. The van der Waals surface area contributed by atoms with Crippen LogP contribution in [0.4, 0.5) is 0 Å². The smallest absolute Gasteiger partial charge is 0.312 e. The number of nitrogens with zero attached hydrogens (tertiary/aromatic N) is 2. The molecule has 1 aliphatic heterocycles. The van der Waals surface area contributed by atoms with Crippen molar-refractivity contribution >= 4 is 11.8 Å². The molecule has 0 saturated carbocycles. The average molecular weight is 225 g/mol. The van der Waals surface area contributed by atoms with Crippen LogP contribution in [0.1, 0.15) is 13.3 Å². The third-order valence-electron chi connectivity index (χ3n) is 2.59. The first-order chi connectivity index (χ1) is 7.60. The maximum Gasteiger partial charge on any atom is 0.312 e. The fraction of sp³-hybridized carbons (Fsp3) is 0.636. The van der Waals surface area contributed by atoms with E-state index in [2.05, 4.69) is 6.58 Å². The Kier molecular flexibility index (Phi) is 4.49. The number of nitrogens with two attached hydrogens (primary N) is 1. The number of carbonyl (C=O) groups excluding carboxylic acids is 2. The molecular weight excluding hydrogens is 206 g/mol. The molecule has 1 heterocycles. The first-order valence-corrected chi connectivity index (χ1v) is 5.55.